The van der Waals surface area contributed by atoms with Gasteiger partial charge in [-0.3, -0.25) is 20.0 Å². The Morgan fingerprint density at radius 2 is 1.81 bits per heavy atom. The Hall–Kier alpha value is -2.67. The minimum Gasteiger partial charge on any atom is -0.508 e. The molecule has 0 aromatic heterocycles. The number of nitrogens with one attached hydrogen (secondary N) is 1. The second kappa shape index (κ2) is 9.06. The molecule has 1 amide bonds. The number of hydrogen-bond acceptors (Lipinski definition) is 5. The number of phenolic OH excluding ortho intramolecular Hbond substituents is 1. The van der Waals surface area contributed by atoms with Crippen LogP contribution in [0, 0.1) is 0 Å². The van der Waals surface area contributed by atoms with Crippen LogP contribution in [0.4, 0.5) is 0 Å². The summed E-state index contributed by atoms with van der Waals surface area (Å²) in [6.07, 6.45) is 5.45. The van der Waals surface area contributed by atoms with Crippen LogP contribution in [0.1, 0.15) is 46.8 Å². The molecule has 2 aromatic rings. The van der Waals surface area contributed by atoms with E-state index in [-0.39, 0.29) is 17.7 Å². The summed E-state index contributed by atoms with van der Waals surface area (Å²) in [5.74, 6) is 0.237. The third-order valence-electron chi connectivity index (χ3n) is 7.05. The monoisotopic (exact) mass is 432 g/mol. The molecule has 4 aliphatic heterocycles. The zero-order chi connectivity index (χ0) is 22.1. The number of piperidine rings is 1. The molecule has 0 radical (unpaired) electrons. The first-order valence-corrected chi connectivity index (χ1v) is 11.7. The Morgan fingerprint density at radius 3 is 2.47 bits per heavy atom. The van der Waals surface area contributed by atoms with Crippen LogP contribution < -0.4 is 5.43 Å². The number of amides is 1. The molecule has 0 spiro atoms. The van der Waals surface area contributed by atoms with Crippen molar-refractivity contribution in [3.8, 4) is 5.75 Å². The normalized spacial score (nSPS) is 24.6. The zero-order valence-electron chi connectivity index (χ0n) is 18.5. The highest BCUT2D eigenvalue weighted by molar-refractivity contribution is 5.93. The molecule has 2 bridgehead atoms. The summed E-state index contributed by atoms with van der Waals surface area (Å²) in [7, 11) is 0. The summed E-state index contributed by atoms with van der Waals surface area (Å²) in [6.45, 7) is 8.73. The van der Waals surface area contributed by atoms with Gasteiger partial charge in [-0.05, 0) is 54.7 Å². The summed E-state index contributed by atoms with van der Waals surface area (Å²) in [5.41, 5.74) is 5.93. The fourth-order valence-corrected chi connectivity index (χ4v) is 5.56. The number of hydrazine groups is 1. The minimum absolute atomic E-state index is 0.0479. The topological polar surface area (TPSA) is 59.0 Å². The van der Waals surface area contributed by atoms with Gasteiger partial charge >= 0.3 is 0 Å². The third kappa shape index (κ3) is 4.18. The highest BCUT2D eigenvalue weighted by Crippen LogP contribution is 2.43. The van der Waals surface area contributed by atoms with Crippen molar-refractivity contribution in [2.45, 2.75) is 37.4 Å². The number of benzene rings is 2. The molecule has 2 aromatic carbocycles. The van der Waals surface area contributed by atoms with Gasteiger partial charge in [0.15, 0.2) is 0 Å². The number of hydrogen-bond donors (Lipinski definition) is 2. The number of phenols is 1. The first-order valence-electron chi connectivity index (χ1n) is 11.7. The summed E-state index contributed by atoms with van der Waals surface area (Å²) in [6, 6.07) is 16.6. The molecule has 0 aliphatic carbocycles. The molecule has 4 aliphatic rings. The van der Waals surface area contributed by atoms with Crippen molar-refractivity contribution in [2.24, 2.45) is 0 Å². The van der Waals surface area contributed by atoms with E-state index in [1.807, 2.05) is 35.4 Å². The van der Waals surface area contributed by atoms with Gasteiger partial charge in [0.2, 0.25) is 0 Å². The SMILES string of the molecule is C=CCN1CC2CC(C1)N2C(c1ccc(C(=O)NN2CCCC2)cc1)c1cccc(O)c1. The standard InChI is InChI=1S/C26H32N4O2/c1-2-12-28-17-22-16-23(18-28)30(22)25(21-6-5-7-24(31)15-21)19-8-10-20(11-9-19)26(32)27-29-13-3-4-14-29/h2,5-11,15,22-23,25,31H,1,3-4,12-14,16-18H2,(H,27,32). The summed E-state index contributed by atoms with van der Waals surface area (Å²) in [5, 5.41) is 12.2. The first kappa shape index (κ1) is 21.2. The predicted octanol–water partition coefficient (Wildman–Crippen LogP) is 3.17. The maximum absolute atomic E-state index is 12.6. The van der Waals surface area contributed by atoms with Gasteiger partial charge in [-0.25, -0.2) is 5.01 Å². The molecule has 6 nitrogen and oxygen atoms in total. The van der Waals surface area contributed by atoms with Gasteiger partial charge in [0, 0.05) is 50.4 Å². The Labute approximate surface area is 190 Å². The van der Waals surface area contributed by atoms with Crippen LogP contribution in [0.5, 0.6) is 5.75 Å². The second-order valence-corrected chi connectivity index (χ2v) is 9.25. The van der Waals surface area contributed by atoms with Crippen LogP contribution in [0.15, 0.2) is 61.2 Å². The molecule has 6 heteroatoms. The summed E-state index contributed by atoms with van der Waals surface area (Å²) < 4.78 is 0. The molecule has 4 fully saturated rings. The van der Waals surface area contributed by atoms with Gasteiger partial charge < -0.3 is 5.11 Å². The number of piperazine rings is 1. The molecule has 2 N–H and O–H groups in total. The van der Waals surface area contributed by atoms with Gasteiger partial charge in [0.25, 0.3) is 5.91 Å². The Morgan fingerprint density at radius 1 is 1.09 bits per heavy atom. The van der Waals surface area contributed by atoms with E-state index in [9.17, 15) is 9.90 Å². The lowest BCUT2D eigenvalue weighted by Crippen LogP contribution is -2.69. The van der Waals surface area contributed by atoms with E-state index in [4.69, 9.17) is 0 Å². The summed E-state index contributed by atoms with van der Waals surface area (Å²) >= 11 is 0. The van der Waals surface area contributed by atoms with Crippen molar-refractivity contribution in [3.05, 3.63) is 77.9 Å². The molecule has 3 unspecified atom stereocenters. The Balaban J connectivity index is 1.39. The molecular formula is C26H32N4O2. The van der Waals surface area contributed by atoms with E-state index in [0.717, 1.165) is 56.7 Å². The fraction of sp³-hybridized carbons (Fsp3) is 0.423. The van der Waals surface area contributed by atoms with Crippen molar-refractivity contribution >= 4 is 5.91 Å². The van der Waals surface area contributed by atoms with Crippen LogP contribution in [0.25, 0.3) is 0 Å². The van der Waals surface area contributed by atoms with E-state index in [1.165, 1.54) is 6.42 Å². The molecular weight excluding hydrogens is 400 g/mol. The maximum atomic E-state index is 12.6. The summed E-state index contributed by atoms with van der Waals surface area (Å²) in [4.78, 5) is 17.7. The number of carbonyl (C=O) groups is 1. The Kier molecular flexibility index (Phi) is 6.00. The Bertz CT molecular complexity index is 958. The van der Waals surface area contributed by atoms with Crippen molar-refractivity contribution in [1.82, 2.24) is 20.2 Å². The molecule has 6 rings (SSSR count). The quantitative estimate of drug-likeness (QED) is 0.659. The van der Waals surface area contributed by atoms with Gasteiger partial charge in [0.05, 0.1) is 6.04 Å². The van der Waals surface area contributed by atoms with Crippen molar-refractivity contribution < 1.29 is 9.90 Å². The molecule has 168 valence electrons. The predicted molar refractivity (Wildman–Crippen MR) is 125 cm³/mol. The zero-order valence-corrected chi connectivity index (χ0v) is 18.5. The molecule has 3 atom stereocenters. The lowest BCUT2D eigenvalue weighted by molar-refractivity contribution is -0.0850. The highest BCUT2D eigenvalue weighted by atomic mass is 16.3. The van der Waals surface area contributed by atoms with Gasteiger partial charge in [-0.15, -0.1) is 6.58 Å². The molecule has 4 heterocycles. The number of rotatable bonds is 7. The average molecular weight is 433 g/mol. The van der Waals surface area contributed by atoms with Gasteiger partial charge in [-0.1, -0.05) is 30.3 Å². The molecule has 4 saturated heterocycles. The second-order valence-electron chi connectivity index (χ2n) is 9.25. The van der Waals surface area contributed by atoms with E-state index in [1.54, 1.807) is 6.07 Å². The number of aromatic hydroxyl groups is 1. The van der Waals surface area contributed by atoms with E-state index in [0.29, 0.717) is 17.6 Å². The minimum atomic E-state index is -0.0479. The van der Waals surface area contributed by atoms with Crippen molar-refractivity contribution in [3.63, 3.8) is 0 Å². The number of carbonyl (C=O) groups excluding carboxylic acids is 1. The van der Waals surface area contributed by atoms with Gasteiger partial charge in [0.1, 0.15) is 5.75 Å². The van der Waals surface area contributed by atoms with Crippen molar-refractivity contribution in [2.75, 3.05) is 32.7 Å². The molecule has 32 heavy (non-hydrogen) atoms. The van der Waals surface area contributed by atoms with E-state index in [2.05, 4.69) is 40.0 Å². The highest BCUT2D eigenvalue weighted by Gasteiger charge is 2.48. The number of fused-ring (bicyclic) bond motifs is 2. The average Bonchev–Trinajstić information content (AvgIpc) is 3.31. The van der Waals surface area contributed by atoms with Crippen LogP contribution in [-0.2, 0) is 0 Å². The van der Waals surface area contributed by atoms with Crippen LogP contribution in [0.3, 0.4) is 0 Å². The van der Waals surface area contributed by atoms with Crippen molar-refractivity contribution in [1.29, 1.82) is 0 Å². The van der Waals surface area contributed by atoms with Crippen LogP contribution in [0.2, 0.25) is 0 Å². The fourth-order valence-electron chi connectivity index (χ4n) is 5.56. The lowest BCUT2D eigenvalue weighted by Gasteiger charge is -2.59. The largest absolute Gasteiger partial charge is 0.508 e. The van der Waals surface area contributed by atoms with Crippen LogP contribution in [-0.4, -0.2) is 70.6 Å². The van der Waals surface area contributed by atoms with E-state index < -0.39 is 0 Å². The van der Waals surface area contributed by atoms with Crippen LogP contribution >= 0.6 is 0 Å². The number of nitrogens with zero attached hydrogens (tertiary/aromatic N) is 3. The third-order valence-corrected chi connectivity index (χ3v) is 7.05. The van der Waals surface area contributed by atoms with E-state index >= 15 is 0 Å². The maximum Gasteiger partial charge on any atom is 0.265 e. The smallest absolute Gasteiger partial charge is 0.265 e. The molecule has 0 saturated carbocycles. The lowest BCUT2D eigenvalue weighted by atomic mass is 9.81. The van der Waals surface area contributed by atoms with Gasteiger partial charge in [-0.2, -0.15) is 0 Å². The first-order chi connectivity index (χ1) is 15.6.